The highest BCUT2D eigenvalue weighted by molar-refractivity contribution is 5.80. The van der Waals surface area contributed by atoms with Crippen molar-refractivity contribution < 1.29 is 4.74 Å². The number of hydrogen-bond donors (Lipinski definition) is 3. The number of benzene rings is 1. The number of aliphatic imine (C=N–C) groups is 1. The van der Waals surface area contributed by atoms with E-state index in [4.69, 9.17) is 4.74 Å². The van der Waals surface area contributed by atoms with E-state index < -0.39 is 0 Å². The van der Waals surface area contributed by atoms with Crippen LogP contribution in [0.3, 0.4) is 0 Å². The number of nitrogens with zero attached hydrogens (tertiary/aromatic N) is 2. The quantitative estimate of drug-likeness (QED) is 0.319. The van der Waals surface area contributed by atoms with Crippen LogP contribution in [0.4, 0.5) is 0 Å². The van der Waals surface area contributed by atoms with Crippen molar-refractivity contribution in [3.8, 4) is 0 Å². The van der Waals surface area contributed by atoms with Crippen molar-refractivity contribution >= 4 is 5.96 Å². The molecule has 1 aliphatic heterocycles. The van der Waals surface area contributed by atoms with E-state index in [1.165, 1.54) is 5.56 Å². The maximum absolute atomic E-state index is 5.16. The van der Waals surface area contributed by atoms with Crippen LogP contribution in [0.5, 0.6) is 0 Å². The Labute approximate surface area is 177 Å². The number of guanidine groups is 1. The summed E-state index contributed by atoms with van der Waals surface area (Å²) in [6.45, 7) is 11.7. The molecule has 3 N–H and O–H groups in total. The van der Waals surface area contributed by atoms with Crippen LogP contribution in [-0.4, -0.2) is 69.4 Å². The van der Waals surface area contributed by atoms with Gasteiger partial charge in [0, 0.05) is 64.6 Å². The zero-order valence-electron chi connectivity index (χ0n) is 19.0. The molecule has 6 heteroatoms. The van der Waals surface area contributed by atoms with E-state index >= 15 is 0 Å². The van der Waals surface area contributed by atoms with Gasteiger partial charge in [-0.25, -0.2) is 0 Å². The highest BCUT2D eigenvalue weighted by Crippen LogP contribution is 2.16. The standard InChI is InChI=1S/C23H41N5O/c1-19(20-10-7-6-8-11-20)27-23(2,3)18-25-22(24-4)26-21-12-15-28(16-13-21)14-9-17-29-5/h6-8,10-11,19,21,27H,9,12-18H2,1-5H3,(H2,24,25,26). The average Bonchev–Trinajstić information content (AvgIpc) is 2.72. The fourth-order valence-electron chi connectivity index (χ4n) is 3.89. The molecule has 1 aromatic carbocycles. The van der Waals surface area contributed by atoms with Gasteiger partial charge in [0.25, 0.3) is 0 Å². The SMILES string of the molecule is CN=C(NCC(C)(C)NC(C)c1ccccc1)NC1CCN(CCCOC)CC1. The molecule has 0 aromatic heterocycles. The molecule has 0 spiro atoms. The molecule has 0 saturated carbocycles. The third-order valence-corrected chi connectivity index (χ3v) is 5.58. The van der Waals surface area contributed by atoms with Crippen LogP contribution in [0, 0.1) is 0 Å². The average molecular weight is 404 g/mol. The van der Waals surface area contributed by atoms with Crippen molar-refractivity contribution in [1.82, 2.24) is 20.9 Å². The van der Waals surface area contributed by atoms with Crippen molar-refractivity contribution in [2.75, 3.05) is 46.9 Å². The minimum atomic E-state index is -0.0579. The molecule has 1 fully saturated rings. The van der Waals surface area contributed by atoms with Crippen LogP contribution in [-0.2, 0) is 4.74 Å². The number of nitrogens with one attached hydrogen (secondary N) is 3. The largest absolute Gasteiger partial charge is 0.385 e. The molecule has 29 heavy (non-hydrogen) atoms. The van der Waals surface area contributed by atoms with E-state index in [-0.39, 0.29) is 5.54 Å². The third-order valence-electron chi connectivity index (χ3n) is 5.58. The Morgan fingerprint density at radius 3 is 2.55 bits per heavy atom. The van der Waals surface area contributed by atoms with Gasteiger partial charge < -0.3 is 25.6 Å². The predicted molar refractivity (Wildman–Crippen MR) is 123 cm³/mol. The van der Waals surface area contributed by atoms with E-state index in [9.17, 15) is 0 Å². The lowest BCUT2D eigenvalue weighted by Crippen LogP contribution is -2.54. The fraction of sp³-hybridized carbons (Fsp3) is 0.696. The molecule has 1 heterocycles. The molecule has 1 aliphatic rings. The van der Waals surface area contributed by atoms with Gasteiger partial charge >= 0.3 is 0 Å². The lowest BCUT2D eigenvalue weighted by molar-refractivity contribution is 0.155. The molecule has 1 aromatic rings. The summed E-state index contributed by atoms with van der Waals surface area (Å²) in [5.41, 5.74) is 1.25. The molecule has 0 aliphatic carbocycles. The lowest BCUT2D eigenvalue weighted by atomic mass is 10.0. The smallest absolute Gasteiger partial charge is 0.191 e. The second-order valence-corrected chi connectivity index (χ2v) is 8.69. The van der Waals surface area contributed by atoms with Crippen LogP contribution in [0.1, 0.15) is 51.6 Å². The van der Waals surface area contributed by atoms with Gasteiger partial charge in [-0.2, -0.15) is 0 Å². The maximum atomic E-state index is 5.16. The van der Waals surface area contributed by atoms with Crippen molar-refractivity contribution in [1.29, 1.82) is 0 Å². The van der Waals surface area contributed by atoms with Gasteiger partial charge in [-0.15, -0.1) is 0 Å². The van der Waals surface area contributed by atoms with Crippen LogP contribution < -0.4 is 16.0 Å². The van der Waals surface area contributed by atoms with Crippen molar-refractivity contribution in [2.24, 2.45) is 4.99 Å². The minimum Gasteiger partial charge on any atom is -0.385 e. The van der Waals surface area contributed by atoms with Crippen molar-refractivity contribution in [3.05, 3.63) is 35.9 Å². The molecular formula is C23H41N5O. The number of methoxy groups -OCH3 is 1. The number of likely N-dealkylation sites (tertiary alicyclic amines) is 1. The molecule has 1 atom stereocenters. The summed E-state index contributed by atoms with van der Waals surface area (Å²) < 4.78 is 5.16. The van der Waals surface area contributed by atoms with E-state index in [2.05, 4.69) is 76.9 Å². The first-order chi connectivity index (χ1) is 13.9. The summed E-state index contributed by atoms with van der Waals surface area (Å²) in [6.07, 6.45) is 3.42. The normalized spacial score (nSPS) is 17.9. The Morgan fingerprint density at radius 2 is 1.93 bits per heavy atom. The highest BCUT2D eigenvalue weighted by Gasteiger charge is 2.23. The summed E-state index contributed by atoms with van der Waals surface area (Å²) in [6, 6.07) is 11.4. The second kappa shape index (κ2) is 12.2. The first-order valence-corrected chi connectivity index (χ1v) is 10.9. The zero-order valence-corrected chi connectivity index (χ0v) is 19.0. The lowest BCUT2D eigenvalue weighted by Gasteiger charge is -2.34. The van der Waals surface area contributed by atoms with Gasteiger partial charge in [0.2, 0.25) is 0 Å². The molecule has 0 bridgehead atoms. The van der Waals surface area contributed by atoms with E-state index in [0.717, 1.165) is 58.0 Å². The van der Waals surface area contributed by atoms with Crippen molar-refractivity contribution in [3.63, 3.8) is 0 Å². The van der Waals surface area contributed by atoms with Gasteiger partial charge in [-0.05, 0) is 45.6 Å². The van der Waals surface area contributed by atoms with Crippen LogP contribution in [0.25, 0.3) is 0 Å². The van der Waals surface area contributed by atoms with Crippen LogP contribution in [0.2, 0.25) is 0 Å². The number of piperidine rings is 1. The first kappa shape index (κ1) is 23.6. The molecule has 0 radical (unpaired) electrons. The molecular weight excluding hydrogens is 362 g/mol. The fourth-order valence-corrected chi connectivity index (χ4v) is 3.89. The zero-order chi connectivity index (χ0) is 21.1. The molecule has 1 saturated heterocycles. The van der Waals surface area contributed by atoms with Crippen molar-refractivity contribution in [2.45, 2.75) is 57.7 Å². The highest BCUT2D eigenvalue weighted by atomic mass is 16.5. The Bertz CT molecular complexity index is 597. The molecule has 6 nitrogen and oxygen atoms in total. The Morgan fingerprint density at radius 1 is 1.24 bits per heavy atom. The van der Waals surface area contributed by atoms with Gasteiger partial charge in [0.15, 0.2) is 5.96 Å². The summed E-state index contributed by atoms with van der Waals surface area (Å²) in [5.74, 6) is 0.894. The predicted octanol–water partition coefficient (Wildman–Crippen LogP) is 2.78. The monoisotopic (exact) mass is 403 g/mol. The van der Waals surface area contributed by atoms with Gasteiger partial charge in [0.1, 0.15) is 0 Å². The minimum absolute atomic E-state index is 0.0579. The van der Waals surface area contributed by atoms with Crippen LogP contribution in [0.15, 0.2) is 35.3 Å². The summed E-state index contributed by atoms with van der Waals surface area (Å²) >= 11 is 0. The molecule has 164 valence electrons. The van der Waals surface area contributed by atoms with Gasteiger partial charge in [-0.1, -0.05) is 30.3 Å². The van der Waals surface area contributed by atoms with E-state index in [1.54, 1.807) is 7.11 Å². The molecule has 2 rings (SSSR count). The number of hydrogen-bond acceptors (Lipinski definition) is 4. The third kappa shape index (κ3) is 8.72. The van der Waals surface area contributed by atoms with E-state index in [0.29, 0.717) is 12.1 Å². The molecule has 0 amide bonds. The second-order valence-electron chi connectivity index (χ2n) is 8.69. The number of ether oxygens (including phenoxy) is 1. The van der Waals surface area contributed by atoms with Crippen LogP contribution >= 0.6 is 0 Å². The Kier molecular flexibility index (Phi) is 9.91. The topological polar surface area (TPSA) is 60.9 Å². The Balaban J connectivity index is 1.73. The number of rotatable bonds is 10. The van der Waals surface area contributed by atoms with Gasteiger partial charge in [0.05, 0.1) is 0 Å². The summed E-state index contributed by atoms with van der Waals surface area (Å²) in [5, 5.41) is 10.8. The summed E-state index contributed by atoms with van der Waals surface area (Å²) in [4.78, 5) is 6.97. The maximum Gasteiger partial charge on any atom is 0.191 e. The first-order valence-electron chi connectivity index (χ1n) is 10.9. The summed E-state index contributed by atoms with van der Waals surface area (Å²) in [7, 11) is 3.62. The Hall–Kier alpha value is -1.63. The van der Waals surface area contributed by atoms with Gasteiger partial charge in [-0.3, -0.25) is 4.99 Å². The molecule has 1 unspecified atom stereocenters. The van der Waals surface area contributed by atoms with E-state index in [1.807, 2.05) is 7.05 Å².